The van der Waals surface area contributed by atoms with Gasteiger partial charge in [-0.25, -0.2) is 9.78 Å². The van der Waals surface area contributed by atoms with E-state index in [0.717, 1.165) is 6.33 Å². The molecule has 2 aromatic heterocycles. The Hall–Kier alpha value is -3.31. The van der Waals surface area contributed by atoms with E-state index in [0.29, 0.717) is 0 Å². The molecule has 2 rings (SSSR count). The summed E-state index contributed by atoms with van der Waals surface area (Å²) in [5.74, 6) is -1.71. The maximum Gasteiger partial charge on any atom is 0.369 e. The lowest BCUT2D eigenvalue weighted by molar-refractivity contribution is -0.388. The van der Waals surface area contributed by atoms with Crippen LogP contribution in [-0.4, -0.2) is 30.0 Å². The summed E-state index contributed by atoms with van der Waals surface area (Å²) in [5, 5.41) is 26.5. The molecule has 0 aliphatic carbocycles. The highest BCUT2D eigenvalue weighted by Crippen LogP contribution is 2.24. The summed E-state index contributed by atoms with van der Waals surface area (Å²) in [4.78, 5) is 41.2. The molecule has 0 saturated heterocycles. The van der Waals surface area contributed by atoms with Crippen molar-refractivity contribution in [3.8, 4) is 5.88 Å². The van der Waals surface area contributed by atoms with E-state index in [1.807, 2.05) is 4.98 Å². The van der Waals surface area contributed by atoms with Gasteiger partial charge in [0.15, 0.2) is 6.33 Å². The Kier molecular flexibility index (Phi) is 2.89. The minimum atomic E-state index is -0.997. The Morgan fingerprint density at radius 1 is 1.32 bits per heavy atom. The molecule has 98 valence electrons. The molecule has 0 unspecified atom stereocenters. The quantitative estimate of drug-likeness (QED) is 0.339. The summed E-state index contributed by atoms with van der Waals surface area (Å²) >= 11 is 0. The molecule has 0 radical (unpaired) electrons. The molecular formula is C7H5N7O5. The molecule has 2 heterocycles. The number of rotatable bonds is 3. The lowest BCUT2D eigenvalue weighted by atomic mass is 10.5. The van der Waals surface area contributed by atoms with Gasteiger partial charge in [0, 0.05) is 0 Å². The smallest absolute Gasteiger partial charge is 0.369 e. The van der Waals surface area contributed by atoms with Crippen molar-refractivity contribution in [1.29, 1.82) is 0 Å². The number of hydrogen-bond donors (Lipinski definition) is 4. The summed E-state index contributed by atoms with van der Waals surface area (Å²) in [5.41, 5.74) is -2.52. The zero-order valence-electron chi connectivity index (χ0n) is 8.95. The maximum atomic E-state index is 11.3. The van der Waals surface area contributed by atoms with Crippen molar-refractivity contribution in [3.63, 3.8) is 0 Å². The number of azo groups is 1. The Balaban J connectivity index is 2.44. The molecule has 0 bridgehead atoms. The first-order valence-corrected chi connectivity index (χ1v) is 4.64. The van der Waals surface area contributed by atoms with Crippen molar-refractivity contribution in [2.75, 3.05) is 0 Å². The van der Waals surface area contributed by atoms with Gasteiger partial charge in [0.05, 0.1) is 0 Å². The average molecular weight is 267 g/mol. The molecule has 19 heavy (non-hydrogen) atoms. The monoisotopic (exact) mass is 267 g/mol. The van der Waals surface area contributed by atoms with E-state index < -0.39 is 33.6 Å². The van der Waals surface area contributed by atoms with Crippen LogP contribution in [0.15, 0.2) is 26.1 Å². The minimum Gasteiger partial charge on any atom is -0.493 e. The molecule has 0 aromatic carbocycles. The Morgan fingerprint density at radius 2 is 2.05 bits per heavy atom. The van der Waals surface area contributed by atoms with Gasteiger partial charge in [-0.2, -0.15) is 4.98 Å². The predicted molar refractivity (Wildman–Crippen MR) is 58.8 cm³/mol. The number of hydrogen-bond acceptors (Lipinski definition) is 8. The van der Waals surface area contributed by atoms with E-state index in [2.05, 4.69) is 20.2 Å². The Labute approximate surface area is 102 Å². The van der Waals surface area contributed by atoms with Crippen LogP contribution in [0.5, 0.6) is 5.88 Å². The lowest BCUT2D eigenvalue weighted by Gasteiger charge is -1.94. The van der Waals surface area contributed by atoms with Crippen LogP contribution in [0.25, 0.3) is 0 Å². The lowest BCUT2D eigenvalue weighted by Crippen LogP contribution is -2.20. The molecule has 0 aliphatic rings. The van der Waals surface area contributed by atoms with Crippen LogP contribution in [0.1, 0.15) is 0 Å². The molecule has 0 spiro atoms. The van der Waals surface area contributed by atoms with E-state index in [1.54, 1.807) is 4.98 Å². The van der Waals surface area contributed by atoms with Crippen molar-refractivity contribution in [1.82, 2.24) is 19.9 Å². The van der Waals surface area contributed by atoms with Crippen LogP contribution >= 0.6 is 0 Å². The number of aromatic hydroxyl groups is 1. The van der Waals surface area contributed by atoms with E-state index >= 15 is 0 Å². The van der Waals surface area contributed by atoms with Crippen LogP contribution < -0.4 is 11.2 Å². The van der Waals surface area contributed by atoms with Crippen molar-refractivity contribution in [2.24, 2.45) is 10.2 Å². The molecule has 0 atom stereocenters. The minimum absolute atomic E-state index is 0.380. The van der Waals surface area contributed by atoms with Gasteiger partial charge < -0.3 is 15.2 Å². The third-order valence-corrected chi connectivity index (χ3v) is 1.93. The molecular weight excluding hydrogens is 262 g/mol. The van der Waals surface area contributed by atoms with Gasteiger partial charge in [0.1, 0.15) is 0 Å². The Morgan fingerprint density at radius 3 is 2.68 bits per heavy atom. The summed E-state index contributed by atoms with van der Waals surface area (Å²) in [6.45, 7) is 0. The predicted octanol–water partition coefficient (Wildman–Crippen LogP) is -0.185. The molecule has 0 saturated carbocycles. The first-order valence-electron chi connectivity index (χ1n) is 4.64. The second kappa shape index (κ2) is 4.52. The second-order valence-electron chi connectivity index (χ2n) is 3.14. The van der Waals surface area contributed by atoms with E-state index in [4.69, 9.17) is 0 Å². The zero-order chi connectivity index (χ0) is 14.0. The largest absolute Gasteiger partial charge is 0.493 e. The fourth-order valence-corrected chi connectivity index (χ4v) is 1.15. The summed E-state index contributed by atoms with van der Waals surface area (Å²) in [6, 6.07) is 0. The number of aromatic amines is 3. The number of aromatic nitrogens is 4. The number of H-pyrrole nitrogens is 3. The van der Waals surface area contributed by atoms with Crippen molar-refractivity contribution < 1.29 is 10.0 Å². The van der Waals surface area contributed by atoms with Crippen molar-refractivity contribution in [3.05, 3.63) is 37.3 Å². The summed E-state index contributed by atoms with van der Waals surface area (Å²) in [7, 11) is 0. The van der Waals surface area contributed by atoms with Gasteiger partial charge in [-0.05, 0) is 4.92 Å². The zero-order valence-corrected chi connectivity index (χ0v) is 8.95. The molecule has 12 nitrogen and oxygen atoms in total. The number of nitrogens with zero attached hydrogens (tertiary/aromatic N) is 4. The van der Waals surface area contributed by atoms with Gasteiger partial charge >= 0.3 is 11.5 Å². The molecule has 0 amide bonds. The first kappa shape index (κ1) is 12.2. The fourth-order valence-electron chi connectivity index (χ4n) is 1.15. The van der Waals surface area contributed by atoms with Crippen molar-refractivity contribution >= 4 is 17.3 Å². The van der Waals surface area contributed by atoms with Crippen molar-refractivity contribution in [2.45, 2.75) is 0 Å². The van der Waals surface area contributed by atoms with Gasteiger partial charge in [-0.3, -0.25) is 14.8 Å². The second-order valence-corrected chi connectivity index (χ2v) is 3.14. The highest BCUT2D eigenvalue weighted by Gasteiger charge is 2.15. The fraction of sp³-hybridized carbons (Fsp3) is 0. The topological polar surface area (TPSA) is 182 Å². The SMILES string of the molecule is O=c1[nH]c(O)c(N=Nc2nc[nH]c2[N+](=O)[O-])c(=O)[nH]1. The first-order chi connectivity index (χ1) is 8.99. The number of nitro groups is 1. The van der Waals surface area contributed by atoms with Crippen LogP contribution in [-0.2, 0) is 0 Å². The molecule has 12 heteroatoms. The molecule has 0 aliphatic heterocycles. The Bertz CT molecular complexity index is 769. The van der Waals surface area contributed by atoms with E-state index in [-0.39, 0.29) is 5.82 Å². The number of nitrogens with one attached hydrogen (secondary N) is 3. The van der Waals surface area contributed by atoms with Gasteiger partial charge in [0.2, 0.25) is 11.6 Å². The van der Waals surface area contributed by atoms with Crippen LogP contribution in [0.3, 0.4) is 0 Å². The van der Waals surface area contributed by atoms with Gasteiger partial charge in [0.25, 0.3) is 11.4 Å². The third-order valence-electron chi connectivity index (χ3n) is 1.93. The highest BCUT2D eigenvalue weighted by atomic mass is 16.6. The molecule has 0 fully saturated rings. The van der Waals surface area contributed by atoms with Crippen LogP contribution in [0.4, 0.5) is 17.3 Å². The normalized spacial score (nSPS) is 10.9. The molecule has 4 N–H and O–H groups in total. The summed E-state index contributed by atoms with van der Waals surface area (Å²) < 4.78 is 0. The molecule has 2 aromatic rings. The standard InChI is InChI=1S/C7H5N7O5/c15-5-2(6(16)11-7(17)10-5)12-13-3-4(14(18)19)9-1-8-3/h1H,(H,8,9)(H3,10,11,15,16,17). The van der Waals surface area contributed by atoms with Gasteiger partial charge in [-0.15, -0.1) is 10.2 Å². The number of imidazole rings is 1. The van der Waals surface area contributed by atoms with E-state index in [9.17, 15) is 24.8 Å². The maximum absolute atomic E-state index is 11.3. The van der Waals surface area contributed by atoms with E-state index in [1.165, 1.54) is 0 Å². The summed E-state index contributed by atoms with van der Waals surface area (Å²) in [6.07, 6.45) is 1.02. The average Bonchev–Trinajstić information content (AvgIpc) is 2.75. The van der Waals surface area contributed by atoms with Crippen LogP contribution in [0, 0.1) is 10.1 Å². The van der Waals surface area contributed by atoms with Gasteiger partial charge in [-0.1, -0.05) is 0 Å². The third kappa shape index (κ3) is 2.36. The highest BCUT2D eigenvalue weighted by molar-refractivity contribution is 5.47. The van der Waals surface area contributed by atoms with Crippen LogP contribution in [0.2, 0.25) is 0 Å².